The van der Waals surface area contributed by atoms with Gasteiger partial charge in [0, 0.05) is 24.0 Å². The number of hydrogen-bond donors (Lipinski definition) is 1. The second-order valence-electron chi connectivity index (χ2n) is 10.7. The zero-order chi connectivity index (χ0) is 30.2. The molecule has 41 heavy (non-hydrogen) atoms. The first-order chi connectivity index (χ1) is 19.4. The molecular weight excluding hydrogens is 558 g/mol. The van der Waals surface area contributed by atoms with Gasteiger partial charge in [-0.2, -0.15) is 0 Å². The van der Waals surface area contributed by atoms with Crippen molar-refractivity contribution >= 4 is 39.1 Å². The van der Waals surface area contributed by atoms with Crippen LogP contribution in [0, 0.1) is 0 Å². The molecule has 0 unspecified atom stereocenters. The molecule has 0 bridgehead atoms. The molecule has 3 aromatic rings. The lowest BCUT2D eigenvalue weighted by Crippen LogP contribution is -2.54. The van der Waals surface area contributed by atoms with Gasteiger partial charge in [0.2, 0.25) is 21.8 Å². The molecule has 0 radical (unpaired) electrons. The van der Waals surface area contributed by atoms with Gasteiger partial charge in [-0.15, -0.1) is 0 Å². The Kier molecular flexibility index (Phi) is 11.4. The molecule has 0 aliphatic rings. The van der Waals surface area contributed by atoms with Gasteiger partial charge < -0.3 is 10.2 Å². The Hall–Kier alpha value is -3.36. The van der Waals surface area contributed by atoms with Gasteiger partial charge in [-0.25, -0.2) is 8.42 Å². The van der Waals surface area contributed by atoms with E-state index < -0.39 is 28.5 Å². The highest BCUT2D eigenvalue weighted by molar-refractivity contribution is 7.92. The summed E-state index contributed by atoms with van der Waals surface area (Å²) < 4.78 is 27.0. The van der Waals surface area contributed by atoms with Crippen molar-refractivity contribution in [2.24, 2.45) is 0 Å². The Labute approximate surface area is 249 Å². The van der Waals surface area contributed by atoms with Crippen LogP contribution in [0.25, 0.3) is 0 Å². The van der Waals surface area contributed by atoms with E-state index in [-0.39, 0.29) is 30.8 Å². The number of benzene rings is 3. The molecule has 0 heterocycles. The SMILES string of the molecule is CC[C@@H](C)NC(=O)[C@H](Cc1ccccc1)N(Cc1ccc(Cl)cc1)C(=O)CN(c1ccc(C(C)C)cc1)S(C)(=O)=O. The molecule has 0 aliphatic carbocycles. The maximum Gasteiger partial charge on any atom is 0.244 e. The Bertz CT molecular complexity index is 1400. The van der Waals surface area contributed by atoms with Crippen LogP contribution in [0.15, 0.2) is 78.9 Å². The summed E-state index contributed by atoms with van der Waals surface area (Å²) in [5, 5.41) is 3.58. The molecule has 7 nitrogen and oxygen atoms in total. The number of amides is 2. The fraction of sp³-hybridized carbons (Fsp3) is 0.375. The van der Waals surface area contributed by atoms with Crippen molar-refractivity contribution in [3.8, 4) is 0 Å². The van der Waals surface area contributed by atoms with Crippen molar-refractivity contribution in [2.45, 2.75) is 65.1 Å². The third-order valence-electron chi connectivity index (χ3n) is 7.07. The van der Waals surface area contributed by atoms with E-state index in [1.807, 2.05) is 56.3 Å². The van der Waals surface area contributed by atoms with Crippen LogP contribution in [0.2, 0.25) is 5.02 Å². The first-order valence-electron chi connectivity index (χ1n) is 13.8. The number of rotatable bonds is 13. The molecular formula is C32H40ClN3O4S. The fourth-order valence-corrected chi connectivity index (χ4v) is 5.40. The van der Waals surface area contributed by atoms with Crippen LogP contribution in [0.3, 0.4) is 0 Å². The Morgan fingerprint density at radius 3 is 2.02 bits per heavy atom. The largest absolute Gasteiger partial charge is 0.352 e. The van der Waals surface area contributed by atoms with Crippen molar-refractivity contribution in [1.29, 1.82) is 0 Å². The summed E-state index contributed by atoms with van der Waals surface area (Å²) in [7, 11) is -3.82. The van der Waals surface area contributed by atoms with Crippen LogP contribution in [0.1, 0.15) is 56.7 Å². The second kappa shape index (κ2) is 14.5. The Balaban J connectivity index is 2.04. The fourth-order valence-electron chi connectivity index (χ4n) is 4.42. The first kappa shape index (κ1) is 32.2. The van der Waals surface area contributed by atoms with E-state index in [1.165, 1.54) is 4.90 Å². The van der Waals surface area contributed by atoms with E-state index in [0.29, 0.717) is 10.7 Å². The summed E-state index contributed by atoms with van der Waals surface area (Å²) >= 11 is 6.10. The predicted molar refractivity (Wildman–Crippen MR) is 167 cm³/mol. The zero-order valence-corrected chi connectivity index (χ0v) is 26.0. The number of carbonyl (C=O) groups excluding carboxylic acids is 2. The molecule has 2 atom stereocenters. The molecule has 0 saturated carbocycles. The molecule has 0 spiro atoms. The maximum atomic E-state index is 14.1. The van der Waals surface area contributed by atoms with Crippen LogP contribution in [0.4, 0.5) is 5.69 Å². The van der Waals surface area contributed by atoms with Crippen LogP contribution in [-0.4, -0.2) is 50.0 Å². The molecule has 220 valence electrons. The van der Waals surface area contributed by atoms with Crippen molar-refractivity contribution in [3.63, 3.8) is 0 Å². The summed E-state index contributed by atoms with van der Waals surface area (Å²) in [4.78, 5) is 29.3. The average molecular weight is 598 g/mol. The summed E-state index contributed by atoms with van der Waals surface area (Å²) in [6, 6.07) is 22.7. The highest BCUT2D eigenvalue weighted by atomic mass is 35.5. The zero-order valence-electron chi connectivity index (χ0n) is 24.4. The molecule has 0 saturated heterocycles. The van der Waals surface area contributed by atoms with Crippen LogP contribution < -0.4 is 9.62 Å². The van der Waals surface area contributed by atoms with E-state index in [2.05, 4.69) is 19.2 Å². The van der Waals surface area contributed by atoms with E-state index in [0.717, 1.165) is 33.7 Å². The minimum absolute atomic E-state index is 0.0970. The number of carbonyl (C=O) groups is 2. The van der Waals surface area contributed by atoms with Gasteiger partial charge in [-0.05, 0) is 60.2 Å². The van der Waals surface area contributed by atoms with E-state index >= 15 is 0 Å². The smallest absolute Gasteiger partial charge is 0.244 e. The minimum Gasteiger partial charge on any atom is -0.352 e. The lowest BCUT2D eigenvalue weighted by atomic mass is 10.0. The molecule has 9 heteroatoms. The molecule has 2 amide bonds. The average Bonchev–Trinajstić information content (AvgIpc) is 2.94. The number of anilines is 1. The number of hydrogen-bond acceptors (Lipinski definition) is 4. The van der Waals surface area contributed by atoms with Crippen LogP contribution in [0.5, 0.6) is 0 Å². The lowest BCUT2D eigenvalue weighted by Gasteiger charge is -2.34. The van der Waals surface area contributed by atoms with E-state index in [1.54, 1.807) is 36.4 Å². The Morgan fingerprint density at radius 2 is 1.49 bits per heavy atom. The van der Waals surface area contributed by atoms with Gasteiger partial charge in [0.25, 0.3) is 0 Å². The van der Waals surface area contributed by atoms with Crippen LogP contribution >= 0.6 is 11.6 Å². The number of halogens is 1. The highest BCUT2D eigenvalue weighted by Gasteiger charge is 2.33. The quantitative estimate of drug-likeness (QED) is 0.270. The van der Waals surface area contributed by atoms with Crippen molar-refractivity contribution < 1.29 is 18.0 Å². The van der Waals surface area contributed by atoms with Gasteiger partial charge in [0.1, 0.15) is 12.6 Å². The van der Waals surface area contributed by atoms with Gasteiger partial charge >= 0.3 is 0 Å². The summed E-state index contributed by atoms with van der Waals surface area (Å²) in [5.41, 5.74) is 3.10. The topological polar surface area (TPSA) is 86.8 Å². The minimum atomic E-state index is -3.82. The highest BCUT2D eigenvalue weighted by Crippen LogP contribution is 2.23. The number of nitrogens with one attached hydrogen (secondary N) is 1. The second-order valence-corrected chi connectivity index (χ2v) is 13.0. The standard InChI is InChI=1S/C32H40ClN3O4S/c1-6-24(4)34-32(38)30(20-25-10-8-7-9-11-25)35(21-26-12-16-28(33)17-13-26)31(37)22-36(41(5,39)40)29-18-14-27(15-19-29)23(2)3/h7-19,23-24,30H,6,20-22H2,1-5H3,(H,34,38)/t24-,30+/m1/s1. The van der Waals surface area contributed by atoms with Gasteiger partial charge in [-0.1, -0.05) is 87.0 Å². The molecule has 0 fully saturated rings. The van der Waals surface area contributed by atoms with Crippen molar-refractivity contribution in [1.82, 2.24) is 10.2 Å². The van der Waals surface area contributed by atoms with Gasteiger partial charge in [0.15, 0.2) is 0 Å². The van der Waals surface area contributed by atoms with Crippen LogP contribution in [-0.2, 0) is 32.6 Å². The number of sulfonamides is 1. The maximum absolute atomic E-state index is 14.1. The molecule has 1 N–H and O–H groups in total. The van der Waals surface area contributed by atoms with E-state index in [4.69, 9.17) is 11.6 Å². The normalized spacial score (nSPS) is 13.0. The monoisotopic (exact) mass is 597 g/mol. The molecule has 3 rings (SSSR count). The summed E-state index contributed by atoms with van der Waals surface area (Å²) in [6.07, 6.45) is 2.07. The van der Waals surface area contributed by atoms with Gasteiger partial charge in [0.05, 0.1) is 11.9 Å². The van der Waals surface area contributed by atoms with Gasteiger partial charge in [-0.3, -0.25) is 13.9 Å². The molecule has 3 aromatic carbocycles. The van der Waals surface area contributed by atoms with Crippen molar-refractivity contribution in [2.75, 3.05) is 17.1 Å². The summed E-state index contributed by atoms with van der Waals surface area (Å²) in [5.74, 6) is -0.508. The first-order valence-corrected chi connectivity index (χ1v) is 16.1. The summed E-state index contributed by atoms with van der Waals surface area (Å²) in [6.45, 7) is 7.65. The Morgan fingerprint density at radius 1 is 0.878 bits per heavy atom. The third kappa shape index (κ3) is 9.33. The lowest BCUT2D eigenvalue weighted by molar-refractivity contribution is -0.140. The third-order valence-corrected chi connectivity index (χ3v) is 8.46. The molecule has 0 aliphatic heterocycles. The van der Waals surface area contributed by atoms with E-state index in [9.17, 15) is 18.0 Å². The molecule has 0 aromatic heterocycles. The number of nitrogens with zero attached hydrogens (tertiary/aromatic N) is 2. The van der Waals surface area contributed by atoms with Crippen molar-refractivity contribution in [3.05, 3.63) is 101 Å². The predicted octanol–water partition coefficient (Wildman–Crippen LogP) is 5.78.